The molecule has 6 heteroatoms. The Labute approximate surface area is 145 Å². The first-order chi connectivity index (χ1) is 12.1. The molecule has 0 unspecified atom stereocenters. The van der Waals surface area contributed by atoms with Crippen LogP contribution in [0.1, 0.15) is 16.8 Å². The van der Waals surface area contributed by atoms with Crippen LogP contribution in [-0.2, 0) is 0 Å². The van der Waals surface area contributed by atoms with E-state index >= 15 is 0 Å². The van der Waals surface area contributed by atoms with Crippen LogP contribution in [0.5, 0.6) is 5.75 Å². The zero-order valence-electron chi connectivity index (χ0n) is 13.7. The largest absolute Gasteiger partial charge is 0.415 e. The van der Waals surface area contributed by atoms with Crippen LogP contribution in [0.3, 0.4) is 0 Å². The van der Waals surface area contributed by atoms with Crippen molar-refractivity contribution in [1.29, 1.82) is 0 Å². The number of carbonyl (C=O) groups excluding carboxylic acids is 2. The summed E-state index contributed by atoms with van der Waals surface area (Å²) in [6.45, 7) is 1.66. The molecule has 3 rings (SSSR count). The van der Waals surface area contributed by atoms with Crippen molar-refractivity contribution in [2.24, 2.45) is 0 Å². The third-order valence-electron chi connectivity index (χ3n) is 4.09. The summed E-state index contributed by atoms with van der Waals surface area (Å²) in [5.74, 6) is -0.399. The van der Waals surface area contributed by atoms with Gasteiger partial charge in [-0.1, -0.05) is 30.3 Å². The second-order valence-corrected chi connectivity index (χ2v) is 5.79. The van der Waals surface area contributed by atoms with Gasteiger partial charge in [0.1, 0.15) is 11.6 Å². The molecule has 0 bridgehead atoms. The fraction of sp³-hybridized carbons (Fsp3) is 0.263. The van der Waals surface area contributed by atoms with E-state index in [0.29, 0.717) is 38.3 Å². The number of hydrogen-bond donors (Lipinski definition) is 0. The molecule has 1 aliphatic rings. The Bertz CT molecular complexity index is 751. The van der Waals surface area contributed by atoms with Gasteiger partial charge in [0.15, 0.2) is 0 Å². The third kappa shape index (κ3) is 4.15. The summed E-state index contributed by atoms with van der Waals surface area (Å²) < 4.78 is 19.1. The molecule has 0 aliphatic carbocycles. The summed E-state index contributed by atoms with van der Waals surface area (Å²) in [5.41, 5.74) is 0.0582. The molecule has 2 amide bonds. The molecular weight excluding hydrogens is 323 g/mol. The molecule has 0 aromatic heterocycles. The lowest BCUT2D eigenvalue weighted by Crippen LogP contribution is -2.38. The van der Waals surface area contributed by atoms with Gasteiger partial charge < -0.3 is 14.5 Å². The van der Waals surface area contributed by atoms with Gasteiger partial charge in [0.25, 0.3) is 5.91 Å². The zero-order valence-corrected chi connectivity index (χ0v) is 13.7. The van der Waals surface area contributed by atoms with E-state index in [2.05, 4.69) is 0 Å². The SMILES string of the molecule is O=C(Oc1ccccc1)N1CCCN(C(=O)c2ccccc2F)CC1. The number of carbonyl (C=O) groups is 2. The number of nitrogens with zero attached hydrogens (tertiary/aromatic N) is 2. The first-order valence-electron chi connectivity index (χ1n) is 8.21. The van der Waals surface area contributed by atoms with Crippen molar-refractivity contribution >= 4 is 12.0 Å². The molecule has 0 saturated carbocycles. The summed E-state index contributed by atoms with van der Waals surface area (Å²) in [6.07, 6.45) is 0.177. The summed E-state index contributed by atoms with van der Waals surface area (Å²) in [4.78, 5) is 27.9. The van der Waals surface area contributed by atoms with Gasteiger partial charge in [-0.05, 0) is 30.7 Å². The molecular formula is C19H19FN2O3. The number of benzene rings is 2. The Kier molecular flexibility index (Phi) is 5.28. The van der Waals surface area contributed by atoms with Crippen LogP contribution in [-0.4, -0.2) is 48.0 Å². The first kappa shape index (κ1) is 17.0. The average Bonchev–Trinajstić information content (AvgIpc) is 2.89. The summed E-state index contributed by atoms with van der Waals surface area (Å²) in [6, 6.07) is 14.8. The molecule has 2 aromatic rings. The van der Waals surface area contributed by atoms with Crippen molar-refractivity contribution in [3.63, 3.8) is 0 Å². The average molecular weight is 342 g/mol. The number of amides is 2. The highest BCUT2D eigenvalue weighted by atomic mass is 19.1. The van der Waals surface area contributed by atoms with Gasteiger partial charge in [-0.25, -0.2) is 9.18 Å². The molecule has 0 radical (unpaired) electrons. The van der Waals surface area contributed by atoms with Crippen LogP contribution < -0.4 is 4.74 Å². The molecule has 1 saturated heterocycles. The Balaban J connectivity index is 1.61. The van der Waals surface area contributed by atoms with E-state index in [9.17, 15) is 14.0 Å². The molecule has 25 heavy (non-hydrogen) atoms. The highest BCUT2D eigenvalue weighted by Gasteiger charge is 2.25. The van der Waals surface area contributed by atoms with Crippen molar-refractivity contribution in [1.82, 2.24) is 9.80 Å². The van der Waals surface area contributed by atoms with Gasteiger partial charge in [0, 0.05) is 26.2 Å². The number of hydrogen-bond acceptors (Lipinski definition) is 3. The maximum absolute atomic E-state index is 13.8. The molecule has 0 atom stereocenters. The highest BCUT2D eigenvalue weighted by Crippen LogP contribution is 2.14. The van der Waals surface area contributed by atoms with E-state index in [4.69, 9.17) is 4.74 Å². The van der Waals surface area contributed by atoms with Crippen molar-refractivity contribution in [3.8, 4) is 5.75 Å². The third-order valence-corrected chi connectivity index (χ3v) is 4.09. The number of para-hydroxylation sites is 1. The summed E-state index contributed by atoms with van der Waals surface area (Å²) >= 11 is 0. The topological polar surface area (TPSA) is 49.9 Å². The van der Waals surface area contributed by atoms with Crippen LogP contribution >= 0.6 is 0 Å². The van der Waals surface area contributed by atoms with Crippen LogP contribution in [0.25, 0.3) is 0 Å². The molecule has 5 nitrogen and oxygen atoms in total. The highest BCUT2D eigenvalue weighted by molar-refractivity contribution is 5.94. The van der Waals surface area contributed by atoms with Crippen LogP contribution in [0.4, 0.5) is 9.18 Å². The monoisotopic (exact) mass is 342 g/mol. The number of rotatable bonds is 2. The fourth-order valence-corrected chi connectivity index (χ4v) is 2.76. The van der Waals surface area contributed by atoms with Gasteiger partial charge in [-0.2, -0.15) is 0 Å². The lowest BCUT2D eigenvalue weighted by Gasteiger charge is -2.22. The molecule has 1 heterocycles. The Morgan fingerprint density at radius 1 is 0.840 bits per heavy atom. The fourth-order valence-electron chi connectivity index (χ4n) is 2.76. The Morgan fingerprint density at radius 3 is 2.24 bits per heavy atom. The Morgan fingerprint density at radius 2 is 1.48 bits per heavy atom. The van der Waals surface area contributed by atoms with Crippen molar-refractivity contribution in [2.45, 2.75) is 6.42 Å². The van der Waals surface area contributed by atoms with Crippen LogP contribution in [0.15, 0.2) is 54.6 Å². The van der Waals surface area contributed by atoms with Crippen molar-refractivity contribution < 1.29 is 18.7 Å². The van der Waals surface area contributed by atoms with Crippen LogP contribution in [0, 0.1) is 5.82 Å². The number of halogens is 1. The minimum absolute atomic E-state index is 0.0582. The normalized spacial score (nSPS) is 14.8. The van der Waals surface area contributed by atoms with E-state index in [1.54, 1.807) is 46.2 Å². The first-order valence-corrected chi connectivity index (χ1v) is 8.21. The smallest absolute Gasteiger partial charge is 0.410 e. The zero-order chi connectivity index (χ0) is 17.6. The maximum Gasteiger partial charge on any atom is 0.415 e. The van der Waals surface area contributed by atoms with Gasteiger partial charge in [-0.3, -0.25) is 4.79 Å². The van der Waals surface area contributed by atoms with Crippen molar-refractivity contribution in [3.05, 3.63) is 66.0 Å². The van der Waals surface area contributed by atoms with E-state index in [-0.39, 0.29) is 11.5 Å². The maximum atomic E-state index is 13.8. The Hall–Kier alpha value is -2.89. The van der Waals surface area contributed by atoms with Gasteiger partial charge in [-0.15, -0.1) is 0 Å². The van der Waals surface area contributed by atoms with Gasteiger partial charge in [0.2, 0.25) is 0 Å². The summed E-state index contributed by atoms with van der Waals surface area (Å²) in [5, 5.41) is 0. The molecule has 130 valence electrons. The van der Waals surface area contributed by atoms with Crippen LogP contribution in [0.2, 0.25) is 0 Å². The van der Waals surface area contributed by atoms with Gasteiger partial charge in [0.05, 0.1) is 5.56 Å². The minimum Gasteiger partial charge on any atom is -0.410 e. The molecule has 1 fully saturated rings. The second kappa shape index (κ2) is 7.79. The van der Waals surface area contributed by atoms with E-state index in [0.717, 1.165) is 0 Å². The minimum atomic E-state index is -0.530. The lowest BCUT2D eigenvalue weighted by atomic mass is 10.2. The standard InChI is InChI=1S/C19H19FN2O3/c20-17-10-5-4-9-16(17)18(23)21-11-6-12-22(14-13-21)19(24)25-15-7-2-1-3-8-15/h1-5,7-10H,6,11-14H2. The second-order valence-electron chi connectivity index (χ2n) is 5.79. The van der Waals surface area contributed by atoms with E-state index in [1.165, 1.54) is 12.1 Å². The molecule has 0 N–H and O–H groups in total. The lowest BCUT2D eigenvalue weighted by molar-refractivity contribution is 0.0755. The van der Waals surface area contributed by atoms with Crippen molar-refractivity contribution in [2.75, 3.05) is 26.2 Å². The number of ether oxygens (including phenoxy) is 1. The summed E-state index contributed by atoms with van der Waals surface area (Å²) in [7, 11) is 0. The molecule has 0 spiro atoms. The molecule has 2 aromatic carbocycles. The predicted molar refractivity (Wildman–Crippen MR) is 91.0 cm³/mol. The van der Waals surface area contributed by atoms with Gasteiger partial charge >= 0.3 is 6.09 Å². The molecule has 1 aliphatic heterocycles. The van der Waals surface area contributed by atoms with E-state index < -0.39 is 11.9 Å². The predicted octanol–water partition coefficient (Wildman–Crippen LogP) is 3.17. The van der Waals surface area contributed by atoms with E-state index in [1.807, 2.05) is 6.07 Å². The quantitative estimate of drug-likeness (QED) is 0.842.